The highest BCUT2D eigenvalue weighted by atomic mass is 16.2. The summed E-state index contributed by atoms with van der Waals surface area (Å²) in [6.07, 6.45) is 0.423. The zero-order chi connectivity index (χ0) is 22.9. The number of carbonyl (C=O) groups is 2. The van der Waals surface area contributed by atoms with Gasteiger partial charge in [-0.3, -0.25) is 9.59 Å². The monoisotopic (exact) mass is 436 g/mol. The zero-order valence-corrected chi connectivity index (χ0v) is 19.0. The Labute approximate surface area is 189 Å². The molecule has 0 aromatic heterocycles. The number of likely N-dealkylation sites (N-methyl/N-ethyl adjacent to an activating group) is 1. The number of nitrogens with zero attached hydrogens (tertiary/aromatic N) is 3. The van der Waals surface area contributed by atoms with Crippen LogP contribution in [-0.2, 0) is 16.1 Å². The van der Waals surface area contributed by atoms with Crippen molar-refractivity contribution < 1.29 is 9.59 Å². The summed E-state index contributed by atoms with van der Waals surface area (Å²) in [5.74, 6) is 0.715. The molecule has 0 spiro atoms. The third-order valence-electron chi connectivity index (χ3n) is 4.97. The second-order valence-corrected chi connectivity index (χ2v) is 8.07. The summed E-state index contributed by atoms with van der Waals surface area (Å²) in [4.78, 5) is 32.8. The van der Waals surface area contributed by atoms with Gasteiger partial charge in [-0.05, 0) is 50.8 Å². The van der Waals surface area contributed by atoms with Crippen molar-refractivity contribution >= 4 is 29.1 Å². The van der Waals surface area contributed by atoms with Crippen molar-refractivity contribution in [2.24, 2.45) is 4.99 Å². The van der Waals surface area contributed by atoms with Gasteiger partial charge >= 0.3 is 0 Å². The van der Waals surface area contributed by atoms with E-state index in [1.54, 1.807) is 4.90 Å². The van der Waals surface area contributed by atoms with Gasteiger partial charge < -0.3 is 25.8 Å². The first-order chi connectivity index (χ1) is 15.4. The number of nitrogens with one attached hydrogen (secondary N) is 3. The van der Waals surface area contributed by atoms with Crippen LogP contribution in [0.5, 0.6) is 0 Å². The van der Waals surface area contributed by atoms with Gasteiger partial charge in [-0.2, -0.15) is 0 Å². The van der Waals surface area contributed by atoms with Crippen LogP contribution in [0.3, 0.4) is 0 Å². The first kappa shape index (κ1) is 23.3. The molecule has 1 fully saturated rings. The number of para-hydroxylation sites is 1. The van der Waals surface area contributed by atoms with Gasteiger partial charge in [0.25, 0.3) is 0 Å². The minimum absolute atomic E-state index is 0.0165. The molecule has 1 heterocycles. The summed E-state index contributed by atoms with van der Waals surface area (Å²) in [5.41, 5.74) is 2.65. The van der Waals surface area contributed by atoms with Gasteiger partial charge in [0.1, 0.15) is 0 Å². The zero-order valence-electron chi connectivity index (χ0n) is 19.0. The number of rotatable bonds is 8. The highest BCUT2D eigenvalue weighted by Gasteiger charge is 2.31. The molecule has 2 amide bonds. The van der Waals surface area contributed by atoms with Crippen LogP contribution in [0.25, 0.3) is 0 Å². The van der Waals surface area contributed by atoms with Gasteiger partial charge in [0, 0.05) is 30.9 Å². The molecular formula is C24H32N6O2. The van der Waals surface area contributed by atoms with Crippen molar-refractivity contribution in [1.29, 1.82) is 0 Å². The highest BCUT2D eigenvalue weighted by Crippen LogP contribution is 2.21. The number of benzene rings is 2. The molecule has 170 valence electrons. The van der Waals surface area contributed by atoms with Crippen molar-refractivity contribution in [1.82, 2.24) is 15.5 Å². The van der Waals surface area contributed by atoms with E-state index in [9.17, 15) is 9.59 Å². The summed E-state index contributed by atoms with van der Waals surface area (Å²) in [5, 5.41) is 9.55. The molecular weight excluding hydrogens is 404 g/mol. The Morgan fingerprint density at radius 3 is 2.66 bits per heavy atom. The Kier molecular flexibility index (Phi) is 8.21. The van der Waals surface area contributed by atoms with Crippen LogP contribution in [-0.4, -0.2) is 62.4 Å². The third kappa shape index (κ3) is 6.81. The quantitative estimate of drug-likeness (QED) is 0.435. The molecule has 1 saturated heterocycles. The van der Waals surface area contributed by atoms with Gasteiger partial charge in [0.2, 0.25) is 11.8 Å². The van der Waals surface area contributed by atoms with E-state index in [1.165, 1.54) is 0 Å². The minimum atomic E-state index is -0.0560. The largest absolute Gasteiger partial charge is 0.357 e. The lowest BCUT2D eigenvalue weighted by Gasteiger charge is -2.19. The number of carbonyl (C=O) groups excluding carboxylic acids is 2. The van der Waals surface area contributed by atoms with Gasteiger partial charge in [0.15, 0.2) is 5.96 Å². The number of aliphatic imine (C=N–C) groups is 1. The molecule has 8 heteroatoms. The third-order valence-corrected chi connectivity index (χ3v) is 4.97. The molecule has 1 aliphatic rings. The van der Waals surface area contributed by atoms with E-state index in [1.807, 2.05) is 80.5 Å². The standard InChI is InChI=1S/C24H32N6O2/c1-4-25-24(28-20-14-23(32)30(16-20)21-11-6-5-7-12-21)26-15-18-9-8-10-19(13-18)27-22(31)17-29(2)3/h5-13,20H,4,14-17H2,1-3H3,(H,27,31)(H2,25,26,28). The lowest BCUT2D eigenvalue weighted by atomic mass is 10.2. The predicted molar refractivity (Wildman–Crippen MR) is 129 cm³/mol. The Hall–Kier alpha value is -3.39. The van der Waals surface area contributed by atoms with E-state index in [-0.39, 0.29) is 17.9 Å². The normalized spacial score (nSPS) is 16.4. The average Bonchev–Trinajstić information content (AvgIpc) is 3.12. The second kappa shape index (κ2) is 11.3. The van der Waals surface area contributed by atoms with Gasteiger partial charge in [-0.1, -0.05) is 30.3 Å². The molecule has 0 radical (unpaired) electrons. The first-order valence-electron chi connectivity index (χ1n) is 10.9. The predicted octanol–water partition coefficient (Wildman–Crippen LogP) is 2.05. The number of hydrogen-bond acceptors (Lipinski definition) is 4. The molecule has 8 nitrogen and oxygen atoms in total. The van der Waals surface area contributed by atoms with E-state index in [2.05, 4.69) is 20.9 Å². The number of hydrogen-bond donors (Lipinski definition) is 3. The molecule has 3 N–H and O–H groups in total. The van der Waals surface area contributed by atoms with Crippen molar-refractivity contribution in [2.45, 2.75) is 25.9 Å². The molecule has 32 heavy (non-hydrogen) atoms. The SMILES string of the molecule is CCNC(=NCc1cccc(NC(=O)CN(C)C)c1)NC1CC(=O)N(c2ccccc2)C1. The fraction of sp³-hybridized carbons (Fsp3) is 0.375. The maximum atomic E-state index is 12.5. The molecule has 2 aromatic carbocycles. The van der Waals surface area contributed by atoms with E-state index in [0.717, 1.165) is 23.5 Å². The van der Waals surface area contributed by atoms with Crippen LogP contribution in [0.2, 0.25) is 0 Å². The van der Waals surface area contributed by atoms with Crippen LogP contribution in [0.1, 0.15) is 18.9 Å². The molecule has 1 atom stereocenters. The lowest BCUT2D eigenvalue weighted by Crippen LogP contribution is -2.44. The summed E-state index contributed by atoms with van der Waals surface area (Å²) in [7, 11) is 3.72. The molecule has 1 unspecified atom stereocenters. The van der Waals surface area contributed by atoms with Gasteiger partial charge in [-0.25, -0.2) is 4.99 Å². The average molecular weight is 437 g/mol. The Bertz CT molecular complexity index is 945. The summed E-state index contributed by atoms with van der Waals surface area (Å²) >= 11 is 0. The Morgan fingerprint density at radius 1 is 1.16 bits per heavy atom. The molecule has 0 saturated carbocycles. The van der Waals surface area contributed by atoms with Gasteiger partial charge in [0.05, 0.1) is 19.1 Å². The van der Waals surface area contributed by atoms with Crippen LogP contribution in [0.15, 0.2) is 59.6 Å². The fourth-order valence-electron chi connectivity index (χ4n) is 3.58. The summed E-state index contributed by atoms with van der Waals surface area (Å²) in [6.45, 7) is 4.11. The Morgan fingerprint density at radius 2 is 1.94 bits per heavy atom. The van der Waals surface area contributed by atoms with E-state index >= 15 is 0 Å². The van der Waals surface area contributed by atoms with E-state index < -0.39 is 0 Å². The highest BCUT2D eigenvalue weighted by molar-refractivity contribution is 5.97. The minimum Gasteiger partial charge on any atom is -0.357 e. The van der Waals surface area contributed by atoms with Crippen LogP contribution < -0.4 is 20.9 Å². The van der Waals surface area contributed by atoms with Crippen molar-refractivity contribution in [3.63, 3.8) is 0 Å². The molecule has 2 aromatic rings. The number of guanidine groups is 1. The number of amides is 2. The first-order valence-corrected chi connectivity index (χ1v) is 10.9. The maximum absolute atomic E-state index is 12.5. The number of anilines is 2. The van der Waals surface area contributed by atoms with Crippen LogP contribution >= 0.6 is 0 Å². The smallest absolute Gasteiger partial charge is 0.238 e. The van der Waals surface area contributed by atoms with Crippen LogP contribution in [0.4, 0.5) is 11.4 Å². The molecule has 0 aliphatic carbocycles. The second-order valence-electron chi connectivity index (χ2n) is 8.07. The van der Waals surface area contributed by atoms with Gasteiger partial charge in [-0.15, -0.1) is 0 Å². The lowest BCUT2D eigenvalue weighted by molar-refractivity contribution is -0.117. The van der Waals surface area contributed by atoms with E-state index in [0.29, 0.717) is 32.0 Å². The molecule has 1 aliphatic heterocycles. The maximum Gasteiger partial charge on any atom is 0.238 e. The fourth-order valence-corrected chi connectivity index (χ4v) is 3.58. The topological polar surface area (TPSA) is 89.1 Å². The van der Waals surface area contributed by atoms with Crippen LogP contribution in [0, 0.1) is 0 Å². The summed E-state index contributed by atoms with van der Waals surface area (Å²) < 4.78 is 0. The Balaban J connectivity index is 1.61. The summed E-state index contributed by atoms with van der Waals surface area (Å²) in [6, 6.07) is 17.4. The van der Waals surface area contributed by atoms with Crippen molar-refractivity contribution in [2.75, 3.05) is 43.9 Å². The molecule has 3 rings (SSSR count). The molecule has 0 bridgehead atoms. The van der Waals surface area contributed by atoms with Crippen molar-refractivity contribution in [3.8, 4) is 0 Å². The van der Waals surface area contributed by atoms with E-state index in [4.69, 9.17) is 0 Å². The van der Waals surface area contributed by atoms with Crippen molar-refractivity contribution in [3.05, 3.63) is 60.2 Å².